The van der Waals surface area contributed by atoms with Crippen molar-refractivity contribution in [1.82, 2.24) is 4.98 Å². The van der Waals surface area contributed by atoms with Crippen molar-refractivity contribution in [3.05, 3.63) is 47.2 Å². The highest BCUT2D eigenvalue weighted by molar-refractivity contribution is 6.33. The summed E-state index contributed by atoms with van der Waals surface area (Å²) in [6, 6.07) is 9.91. The van der Waals surface area contributed by atoms with Crippen LogP contribution in [0.2, 0.25) is 5.02 Å². The van der Waals surface area contributed by atoms with Gasteiger partial charge in [0, 0.05) is 6.92 Å². The topological polar surface area (TPSA) is 64.4 Å². The van der Waals surface area contributed by atoms with Crippen LogP contribution < -0.4 is 10.1 Å². The van der Waals surface area contributed by atoms with Gasteiger partial charge in [0.15, 0.2) is 11.3 Å². The van der Waals surface area contributed by atoms with Crippen molar-refractivity contribution in [3.63, 3.8) is 0 Å². The highest BCUT2D eigenvalue weighted by atomic mass is 35.5. The summed E-state index contributed by atoms with van der Waals surface area (Å²) in [5.74, 6) is -1.61. The SMILES string of the molecule is CC(=O)Oc1ccc2nc(Nc3ccccc3Cl)oc2c1F. The van der Waals surface area contributed by atoms with Gasteiger partial charge >= 0.3 is 5.97 Å². The zero-order valence-electron chi connectivity index (χ0n) is 11.4. The van der Waals surface area contributed by atoms with Gasteiger partial charge in [-0.25, -0.2) is 0 Å². The molecule has 5 nitrogen and oxygen atoms in total. The maximum atomic E-state index is 14.2. The van der Waals surface area contributed by atoms with Crippen molar-refractivity contribution >= 4 is 40.4 Å². The fraction of sp³-hybridized carbons (Fsp3) is 0.0667. The predicted molar refractivity (Wildman–Crippen MR) is 80.0 cm³/mol. The fourth-order valence-corrected chi connectivity index (χ4v) is 2.09. The lowest BCUT2D eigenvalue weighted by molar-refractivity contribution is -0.132. The number of nitrogens with one attached hydrogen (secondary N) is 1. The lowest BCUT2D eigenvalue weighted by atomic mass is 10.3. The summed E-state index contributed by atoms with van der Waals surface area (Å²) in [5, 5.41) is 3.34. The van der Waals surface area contributed by atoms with Crippen LogP contribution in [0, 0.1) is 5.82 Å². The first-order chi connectivity index (χ1) is 10.5. The van der Waals surface area contributed by atoms with Crippen LogP contribution in [-0.2, 0) is 4.79 Å². The second kappa shape index (κ2) is 5.65. The van der Waals surface area contributed by atoms with Gasteiger partial charge in [0.1, 0.15) is 5.52 Å². The summed E-state index contributed by atoms with van der Waals surface area (Å²) >= 11 is 6.02. The largest absolute Gasteiger partial charge is 0.423 e. The van der Waals surface area contributed by atoms with Gasteiger partial charge in [0.05, 0.1) is 10.7 Å². The Morgan fingerprint density at radius 1 is 1.32 bits per heavy atom. The molecule has 0 aliphatic rings. The van der Waals surface area contributed by atoms with E-state index in [1.807, 2.05) is 0 Å². The van der Waals surface area contributed by atoms with Gasteiger partial charge in [-0.3, -0.25) is 4.79 Å². The summed E-state index contributed by atoms with van der Waals surface area (Å²) in [4.78, 5) is 15.0. The van der Waals surface area contributed by atoms with Crippen LogP contribution in [0.15, 0.2) is 40.8 Å². The highest BCUT2D eigenvalue weighted by Crippen LogP contribution is 2.31. The molecule has 2 aromatic carbocycles. The third kappa shape index (κ3) is 2.73. The van der Waals surface area contributed by atoms with Gasteiger partial charge in [-0.1, -0.05) is 23.7 Å². The zero-order chi connectivity index (χ0) is 15.7. The minimum atomic E-state index is -0.785. The number of esters is 1. The third-order valence-electron chi connectivity index (χ3n) is 2.83. The Hall–Kier alpha value is -2.60. The van der Waals surface area contributed by atoms with E-state index in [1.54, 1.807) is 24.3 Å². The first kappa shape index (κ1) is 14.3. The van der Waals surface area contributed by atoms with Gasteiger partial charge in [0.25, 0.3) is 6.01 Å². The number of benzene rings is 2. The van der Waals surface area contributed by atoms with Crippen molar-refractivity contribution in [3.8, 4) is 5.75 Å². The summed E-state index contributed by atoms with van der Waals surface area (Å²) in [5.41, 5.74) is 0.771. The Bertz CT molecular complexity index is 863. The van der Waals surface area contributed by atoms with Gasteiger partial charge in [-0.05, 0) is 24.3 Å². The molecule has 1 N–H and O–H groups in total. The number of carbonyl (C=O) groups excluding carboxylic acids is 1. The molecule has 0 saturated carbocycles. The van der Waals surface area contributed by atoms with Crippen LogP contribution in [0.4, 0.5) is 16.1 Å². The van der Waals surface area contributed by atoms with Crippen molar-refractivity contribution in [1.29, 1.82) is 0 Å². The monoisotopic (exact) mass is 320 g/mol. The Balaban J connectivity index is 1.98. The highest BCUT2D eigenvalue weighted by Gasteiger charge is 2.16. The lowest BCUT2D eigenvalue weighted by Gasteiger charge is -2.03. The molecule has 0 unspecified atom stereocenters. The summed E-state index contributed by atoms with van der Waals surface area (Å²) in [6.07, 6.45) is 0. The van der Waals surface area contributed by atoms with E-state index >= 15 is 0 Å². The van der Waals surface area contributed by atoms with E-state index in [2.05, 4.69) is 10.3 Å². The Morgan fingerprint density at radius 2 is 2.09 bits per heavy atom. The molecule has 3 rings (SSSR count). The van der Waals surface area contributed by atoms with E-state index in [9.17, 15) is 9.18 Å². The van der Waals surface area contributed by atoms with Crippen molar-refractivity contribution in [2.24, 2.45) is 0 Å². The fourth-order valence-electron chi connectivity index (χ4n) is 1.91. The average Bonchev–Trinajstić information content (AvgIpc) is 2.88. The molecule has 0 spiro atoms. The van der Waals surface area contributed by atoms with Gasteiger partial charge in [-0.2, -0.15) is 9.37 Å². The minimum Gasteiger partial charge on any atom is -0.423 e. The predicted octanol–water partition coefficient (Wildman–Crippen LogP) is 4.29. The molecule has 0 aliphatic heterocycles. The Morgan fingerprint density at radius 3 is 2.82 bits per heavy atom. The van der Waals surface area contributed by atoms with Crippen molar-refractivity contribution in [2.75, 3.05) is 5.32 Å². The van der Waals surface area contributed by atoms with Crippen LogP contribution in [0.3, 0.4) is 0 Å². The molecule has 22 heavy (non-hydrogen) atoms. The van der Waals surface area contributed by atoms with E-state index in [0.29, 0.717) is 16.2 Å². The van der Waals surface area contributed by atoms with E-state index in [0.717, 1.165) is 0 Å². The molecule has 0 radical (unpaired) electrons. The minimum absolute atomic E-state index is 0.0852. The Labute approximate surface area is 129 Å². The molecule has 1 heterocycles. The molecule has 0 bridgehead atoms. The van der Waals surface area contributed by atoms with E-state index in [1.165, 1.54) is 19.1 Å². The number of nitrogens with zero attached hydrogens (tertiary/aromatic N) is 1. The summed E-state index contributed by atoms with van der Waals surface area (Å²) < 4.78 is 24.3. The number of rotatable bonds is 3. The molecular weight excluding hydrogens is 311 g/mol. The second-order valence-corrected chi connectivity index (χ2v) is 4.85. The van der Waals surface area contributed by atoms with Gasteiger partial charge in [-0.15, -0.1) is 0 Å². The van der Waals surface area contributed by atoms with Crippen LogP contribution in [0.25, 0.3) is 11.1 Å². The number of oxazole rings is 1. The number of hydrogen-bond donors (Lipinski definition) is 1. The maximum Gasteiger partial charge on any atom is 0.308 e. The van der Waals surface area contributed by atoms with Crippen LogP contribution >= 0.6 is 11.6 Å². The molecule has 0 aliphatic carbocycles. The number of carbonyl (C=O) groups is 1. The summed E-state index contributed by atoms with van der Waals surface area (Å²) in [7, 11) is 0. The summed E-state index contributed by atoms with van der Waals surface area (Å²) in [6.45, 7) is 1.19. The molecule has 112 valence electrons. The van der Waals surface area contributed by atoms with Gasteiger partial charge < -0.3 is 14.5 Å². The number of halogens is 2. The van der Waals surface area contributed by atoms with Gasteiger partial charge in [0.2, 0.25) is 5.82 Å². The average molecular weight is 321 g/mol. The van der Waals surface area contributed by atoms with Crippen LogP contribution in [-0.4, -0.2) is 11.0 Å². The van der Waals surface area contributed by atoms with E-state index < -0.39 is 11.8 Å². The maximum absolute atomic E-state index is 14.2. The molecule has 0 amide bonds. The molecule has 0 atom stereocenters. The normalized spacial score (nSPS) is 10.7. The molecular formula is C15H10ClFN2O3. The van der Waals surface area contributed by atoms with E-state index in [4.69, 9.17) is 20.8 Å². The third-order valence-corrected chi connectivity index (χ3v) is 3.16. The first-order valence-electron chi connectivity index (χ1n) is 6.33. The first-order valence-corrected chi connectivity index (χ1v) is 6.71. The molecule has 7 heteroatoms. The van der Waals surface area contributed by atoms with Crippen LogP contribution in [0.1, 0.15) is 6.92 Å². The van der Waals surface area contributed by atoms with Crippen molar-refractivity contribution < 1.29 is 18.3 Å². The smallest absolute Gasteiger partial charge is 0.308 e. The Kier molecular flexibility index (Phi) is 3.68. The number of hydrogen-bond acceptors (Lipinski definition) is 5. The van der Waals surface area contributed by atoms with E-state index in [-0.39, 0.29) is 17.3 Å². The molecule has 0 saturated heterocycles. The van der Waals surface area contributed by atoms with Crippen LogP contribution in [0.5, 0.6) is 5.75 Å². The zero-order valence-corrected chi connectivity index (χ0v) is 12.1. The number of anilines is 2. The number of aromatic nitrogens is 1. The lowest BCUT2D eigenvalue weighted by Crippen LogP contribution is -2.03. The standard InChI is InChI=1S/C15H10ClFN2O3/c1-8(20)21-12-7-6-11-14(13(12)17)22-15(19-11)18-10-5-3-2-4-9(10)16/h2-7H,1H3,(H,18,19). The quantitative estimate of drug-likeness (QED) is 0.576. The molecule has 1 aromatic heterocycles. The van der Waals surface area contributed by atoms with Crippen molar-refractivity contribution in [2.45, 2.75) is 6.92 Å². The molecule has 3 aromatic rings. The molecule has 0 fully saturated rings. The number of para-hydroxylation sites is 1. The number of ether oxygens (including phenoxy) is 1. The number of fused-ring (bicyclic) bond motifs is 1. The second-order valence-electron chi connectivity index (χ2n) is 4.44.